The predicted molar refractivity (Wildman–Crippen MR) is 71.3 cm³/mol. The summed E-state index contributed by atoms with van der Waals surface area (Å²) in [5.41, 5.74) is 4.77. The Bertz CT molecular complexity index is 471. The van der Waals surface area contributed by atoms with Gasteiger partial charge in [0.1, 0.15) is 0 Å². The first-order valence-corrected chi connectivity index (χ1v) is 6.30. The molecule has 102 valence electrons. The summed E-state index contributed by atoms with van der Waals surface area (Å²) in [6.07, 6.45) is 2.36. The van der Waals surface area contributed by atoms with Crippen LogP contribution in [0, 0.1) is 5.92 Å². The van der Waals surface area contributed by atoms with Gasteiger partial charge in [-0.2, -0.15) is 0 Å². The van der Waals surface area contributed by atoms with Crippen molar-refractivity contribution in [3.63, 3.8) is 0 Å². The van der Waals surface area contributed by atoms with Crippen LogP contribution in [-0.2, 0) is 14.3 Å². The highest BCUT2D eigenvalue weighted by Crippen LogP contribution is 2.34. The molecule has 19 heavy (non-hydrogen) atoms. The van der Waals surface area contributed by atoms with Crippen LogP contribution in [0.15, 0.2) is 30.3 Å². The number of Topliss-reactive ketones (excluding diaryl/α,β-unsaturated/α-hetero) is 1. The highest BCUT2D eigenvalue weighted by molar-refractivity contribution is 6.10. The van der Waals surface area contributed by atoms with Gasteiger partial charge in [0.05, 0.1) is 7.11 Å². The van der Waals surface area contributed by atoms with Gasteiger partial charge in [0.15, 0.2) is 5.78 Å². The van der Waals surface area contributed by atoms with Crippen LogP contribution in [-0.4, -0.2) is 24.5 Å². The second kappa shape index (κ2) is 5.40. The number of hydrogen-bond acceptors (Lipinski definition) is 5. The van der Waals surface area contributed by atoms with Crippen LogP contribution in [0.5, 0.6) is 0 Å². The predicted octanol–water partition coefficient (Wildman–Crippen LogP) is 1.30. The van der Waals surface area contributed by atoms with E-state index in [1.165, 1.54) is 7.11 Å². The summed E-state index contributed by atoms with van der Waals surface area (Å²) in [6.45, 7) is 0. The third-order valence-electron chi connectivity index (χ3n) is 3.23. The van der Waals surface area contributed by atoms with Gasteiger partial charge >= 0.3 is 5.97 Å². The average Bonchev–Trinajstić information content (AvgIpc) is 3.22. The monoisotopic (exact) mass is 262 g/mol. The molecule has 0 amide bonds. The minimum atomic E-state index is -1.81. The van der Waals surface area contributed by atoms with Crippen LogP contribution in [0.4, 0.5) is 5.69 Å². The summed E-state index contributed by atoms with van der Waals surface area (Å²) in [6, 6.07) is 8.92. The van der Waals surface area contributed by atoms with Crippen molar-refractivity contribution in [1.29, 1.82) is 0 Å². The highest BCUT2D eigenvalue weighted by atomic mass is 16.5. The summed E-state index contributed by atoms with van der Waals surface area (Å²) in [5.74, 6) is -0.731. The van der Waals surface area contributed by atoms with E-state index in [1.807, 2.05) is 6.07 Å². The lowest BCUT2D eigenvalue weighted by atomic mass is 10.00. The largest absolute Gasteiger partial charge is 0.466 e. The number of hydrogen-bond donors (Lipinski definition) is 2. The number of benzene rings is 1. The molecule has 1 atom stereocenters. The molecule has 0 heterocycles. The van der Waals surface area contributed by atoms with Crippen molar-refractivity contribution in [3.05, 3.63) is 30.3 Å². The molecule has 0 aromatic heterocycles. The molecule has 0 saturated heterocycles. The number of anilines is 1. The van der Waals surface area contributed by atoms with E-state index in [-0.39, 0.29) is 5.78 Å². The van der Waals surface area contributed by atoms with Crippen LogP contribution < -0.4 is 11.1 Å². The molecule has 5 nitrogen and oxygen atoms in total. The van der Waals surface area contributed by atoms with Crippen molar-refractivity contribution in [2.24, 2.45) is 11.7 Å². The molecule has 1 fully saturated rings. The van der Waals surface area contributed by atoms with Gasteiger partial charge in [-0.3, -0.25) is 10.5 Å². The van der Waals surface area contributed by atoms with E-state index in [0.29, 0.717) is 18.0 Å². The molecule has 1 aromatic rings. The van der Waals surface area contributed by atoms with Crippen molar-refractivity contribution in [2.45, 2.75) is 24.9 Å². The quantitative estimate of drug-likeness (QED) is 0.459. The number of carbonyl (C=O) groups is 2. The Kier molecular flexibility index (Phi) is 3.85. The zero-order valence-corrected chi connectivity index (χ0v) is 10.9. The smallest absolute Gasteiger partial charge is 0.354 e. The van der Waals surface area contributed by atoms with Gasteiger partial charge in [-0.05, 0) is 30.9 Å². The maximum Gasteiger partial charge on any atom is 0.354 e. The second-order valence-corrected chi connectivity index (χ2v) is 4.86. The summed E-state index contributed by atoms with van der Waals surface area (Å²) in [5, 5.41) is 2.79. The Hall–Kier alpha value is -1.88. The van der Waals surface area contributed by atoms with E-state index in [2.05, 4.69) is 10.1 Å². The van der Waals surface area contributed by atoms with Crippen molar-refractivity contribution < 1.29 is 14.3 Å². The zero-order valence-electron chi connectivity index (χ0n) is 10.9. The van der Waals surface area contributed by atoms with Gasteiger partial charge in [-0.1, -0.05) is 18.2 Å². The van der Waals surface area contributed by atoms with E-state index in [4.69, 9.17) is 5.73 Å². The topological polar surface area (TPSA) is 81.4 Å². The first-order valence-electron chi connectivity index (χ1n) is 6.30. The Labute approximate surface area is 112 Å². The SMILES string of the molecule is COC(=O)[C@@](N)(Nc1ccccc1)C(=O)CC1CC1. The number of nitrogens with two attached hydrogens (primary N) is 1. The molecule has 2 rings (SSSR count). The Morgan fingerprint density at radius 2 is 2.00 bits per heavy atom. The molecular formula is C14H18N2O3. The fourth-order valence-electron chi connectivity index (χ4n) is 1.89. The minimum absolute atomic E-state index is 0.311. The molecule has 0 aliphatic heterocycles. The average molecular weight is 262 g/mol. The molecular weight excluding hydrogens is 244 g/mol. The van der Waals surface area contributed by atoms with Gasteiger partial charge in [-0.25, -0.2) is 4.79 Å². The maximum atomic E-state index is 12.2. The van der Waals surface area contributed by atoms with E-state index >= 15 is 0 Å². The number of para-hydroxylation sites is 1. The minimum Gasteiger partial charge on any atom is -0.466 e. The summed E-state index contributed by atoms with van der Waals surface area (Å²) >= 11 is 0. The van der Waals surface area contributed by atoms with Crippen molar-refractivity contribution in [3.8, 4) is 0 Å². The molecule has 1 saturated carbocycles. The van der Waals surface area contributed by atoms with Crippen LogP contribution >= 0.6 is 0 Å². The van der Waals surface area contributed by atoms with Gasteiger partial charge in [0.2, 0.25) is 5.66 Å². The standard InChI is InChI=1S/C14H18N2O3/c1-19-13(18)14(15,12(17)9-10-7-8-10)16-11-5-3-2-4-6-11/h2-6,10,16H,7-9,15H2,1H3/t14-/m0/s1. The molecule has 0 radical (unpaired) electrons. The van der Waals surface area contributed by atoms with Crippen LogP contribution in [0.2, 0.25) is 0 Å². The van der Waals surface area contributed by atoms with Gasteiger partial charge in [0.25, 0.3) is 0 Å². The first-order chi connectivity index (χ1) is 9.06. The third-order valence-corrected chi connectivity index (χ3v) is 3.23. The van der Waals surface area contributed by atoms with Gasteiger partial charge < -0.3 is 10.1 Å². The van der Waals surface area contributed by atoms with E-state index in [9.17, 15) is 9.59 Å². The number of nitrogens with one attached hydrogen (secondary N) is 1. The molecule has 1 aromatic carbocycles. The third kappa shape index (κ3) is 3.12. The maximum absolute atomic E-state index is 12.2. The zero-order chi connectivity index (χ0) is 13.9. The molecule has 3 N–H and O–H groups in total. The fourth-order valence-corrected chi connectivity index (χ4v) is 1.89. The van der Waals surface area contributed by atoms with Crippen molar-refractivity contribution in [1.82, 2.24) is 0 Å². The van der Waals surface area contributed by atoms with E-state index < -0.39 is 11.6 Å². The van der Waals surface area contributed by atoms with Crippen molar-refractivity contribution >= 4 is 17.4 Å². The Morgan fingerprint density at radius 1 is 1.37 bits per heavy atom. The fraction of sp³-hybridized carbons (Fsp3) is 0.429. The molecule has 1 aliphatic rings. The van der Waals surface area contributed by atoms with E-state index in [0.717, 1.165) is 12.8 Å². The summed E-state index contributed by atoms with van der Waals surface area (Å²) < 4.78 is 4.66. The number of carbonyl (C=O) groups excluding carboxylic acids is 2. The number of rotatable bonds is 6. The van der Waals surface area contributed by atoms with E-state index in [1.54, 1.807) is 24.3 Å². The van der Waals surface area contributed by atoms with Crippen LogP contribution in [0.25, 0.3) is 0 Å². The van der Waals surface area contributed by atoms with Crippen molar-refractivity contribution in [2.75, 3.05) is 12.4 Å². The number of ether oxygens (including phenoxy) is 1. The number of esters is 1. The Morgan fingerprint density at radius 3 is 2.53 bits per heavy atom. The normalized spacial score (nSPS) is 17.4. The molecule has 0 bridgehead atoms. The molecule has 1 aliphatic carbocycles. The van der Waals surface area contributed by atoms with Crippen LogP contribution in [0.3, 0.4) is 0 Å². The van der Waals surface area contributed by atoms with Crippen LogP contribution in [0.1, 0.15) is 19.3 Å². The molecule has 0 unspecified atom stereocenters. The highest BCUT2D eigenvalue weighted by Gasteiger charge is 2.44. The summed E-state index contributed by atoms with van der Waals surface area (Å²) in [7, 11) is 1.22. The lowest BCUT2D eigenvalue weighted by molar-refractivity contribution is -0.150. The number of ketones is 1. The van der Waals surface area contributed by atoms with Gasteiger partial charge in [-0.15, -0.1) is 0 Å². The summed E-state index contributed by atoms with van der Waals surface area (Å²) in [4.78, 5) is 24.1. The number of methoxy groups -OCH3 is 1. The lowest BCUT2D eigenvalue weighted by Crippen LogP contribution is -2.61. The second-order valence-electron chi connectivity index (χ2n) is 4.86. The Balaban J connectivity index is 2.18. The van der Waals surface area contributed by atoms with Gasteiger partial charge in [0, 0.05) is 12.1 Å². The molecule has 5 heteroatoms. The first kappa shape index (κ1) is 13.5. The molecule has 0 spiro atoms. The lowest BCUT2D eigenvalue weighted by Gasteiger charge is -2.27.